The van der Waals surface area contributed by atoms with Gasteiger partial charge in [0.25, 0.3) is 5.56 Å². The number of hydrogen-bond donors (Lipinski definition) is 1. The van der Waals surface area contributed by atoms with Gasteiger partial charge >= 0.3 is 5.97 Å². The Morgan fingerprint density at radius 2 is 1.73 bits per heavy atom. The van der Waals surface area contributed by atoms with E-state index in [2.05, 4.69) is 9.97 Å². The maximum atomic E-state index is 12.2. The average molecular weight is 348 g/mol. The second kappa shape index (κ2) is 7.12. The lowest BCUT2D eigenvalue weighted by atomic mass is 9.89. The number of fused-ring (bicyclic) bond motifs is 1. The van der Waals surface area contributed by atoms with Crippen LogP contribution in [0.25, 0.3) is 22.3 Å². The minimum atomic E-state index is -0.168. The van der Waals surface area contributed by atoms with Crippen molar-refractivity contribution in [3.05, 3.63) is 58.9 Å². The minimum Gasteiger partial charge on any atom is -0.426 e. The summed E-state index contributed by atoms with van der Waals surface area (Å²) in [5.41, 5.74) is 1.25. The smallest absolute Gasteiger partial charge is 0.314 e. The number of carbonyl (C=O) groups is 1. The Bertz CT molecular complexity index is 986. The highest BCUT2D eigenvalue weighted by atomic mass is 16.5. The molecule has 1 aliphatic rings. The summed E-state index contributed by atoms with van der Waals surface area (Å²) >= 11 is 0. The SMILES string of the molecule is O=C(Oc1ccc(-c2nc3ccccc3c(=O)[nH]2)cc1)C1CCCCC1. The van der Waals surface area contributed by atoms with Gasteiger partial charge in [0.05, 0.1) is 16.8 Å². The standard InChI is InChI=1S/C21H20N2O3/c24-20-17-8-4-5-9-18(17)22-19(23-20)14-10-12-16(13-11-14)26-21(25)15-6-2-1-3-7-15/h4-5,8-13,15H,1-3,6-7H2,(H,22,23,24). The molecule has 4 rings (SSSR count). The van der Waals surface area contributed by atoms with Gasteiger partial charge in [0.2, 0.25) is 0 Å². The molecule has 1 aromatic heterocycles. The van der Waals surface area contributed by atoms with Gasteiger partial charge in [-0.2, -0.15) is 0 Å². The highest BCUT2D eigenvalue weighted by Crippen LogP contribution is 2.26. The summed E-state index contributed by atoms with van der Waals surface area (Å²) in [6.45, 7) is 0. The van der Waals surface area contributed by atoms with Crippen LogP contribution in [0, 0.1) is 5.92 Å². The average Bonchev–Trinajstić information content (AvgIpc) is 2.69. The van der Waals surface area contributed by atoms with Gasteiger partial charge in [-0.1, -0.05) is 31.4 Å². The van der Waals surface area contributed by atoms with E-state index in [1.165, 1.54) is 6.42 Å². The number of H-pyrrole nitrogens is 1. The molecule has 1 aliphatic carbocycles. The van der Waals surface area contributed by atoms with Gasteiger partial charge in [0.15, 0.2) is 0 Å². The molecule has 0 saturated heterocycles. The number of ether oxygens (including phenoxy) is 1. The molecule has 26 heavy (non-hydrogen) atoms. The molecular formula is C21H20N2O3. The van der Waals surface area contributed by atoms with Crippen molar-refractivity contribution in [1.29, 1.82) is 0 Å². The molecule has 132 valence electrons. The predicted molar refractivity (Wildman–Crippen MR) is 100 cm³/mol. The Balaban J connectivity index is 1.54. The molecule has 0 atom stereocenters. The summed E-state index contributed by atoms with van der Waals surface area (Å²) in [6.07, 6.45) is 5.23. The van der Waals surface area contributed by atoms with E-state index in [1.807, 2.05) is 18.2 Å². The van der Waals surface area contributed by atoms with Crippen molar-refractivity contribution < 1.29 is 9.53 Å². The number of nitrogens with one attached hydrogen (secondary N) is 1. The molecule has 0 spiro atoms. The molecule has 1 fully saturated rings. The van der Waals surface area contributed by atoms with Gasteiger partial charge in [-0.25, -0.2) is 4.98 Å². The van der Waals surface area contributed by atoms with E-state index >= 15 is 0 Å². The Morgan fingerprint density at radius 1 is 1.00 bits per heavy atom. The Hall–Kier alpha value is -2.95. The van der Waals surface area contributed by atoms with E-state index in [0.717, 1.165) is 31.2 Å². The number of hydrogen-bond acceptors (Lipinski definition) is 4. The third kappa shape index (κ3) is 3.38. The van der Waals surface area contributed by atoms with Crippen LogP contribution in [0.5, 0.6) is 5.75 Å². The lowest BCUT2D eigenvalue weighted by Gasteiger charge is -2.19. The van der Waals surface area contributed by atoms with Crippen LogP contribution >= 0.6 is 0 Å². The minimum absolute atomic E-state index is 0.0157. The molecule has 5 heteroatoms. The summed E-state index contributed by atoms with van der Waals surface area (Å²) in [5.74, 6) is 0.892. The van der Waals surface area contributed by atoms with Crippen molar-refractivity contribution in [1.82, 2.24) is 9.97 Å². The highest BCUT2D eigenvalue weighted by Gasteiger charge is 2.22. The van der Waals surface area contributed by atoms with Crippen molar-refractivity contribution in [3.63, 3.8) is 0 Å². The van der Waals surface area contributed by atoms with Crippen molar-refractivity contribution in [3.8, 4) is 17.1 Å². The molecule has 0 radical (unpaired) electrons. The van der Waals surface area contributed by atoms with E-state index in [9.17, 15) is 9.59 Å². The molecule has 2 aromatic carbocycles. The summed E-state index contributed by atoms with van der Waals surface area (Å²) < 4.78 is 5.51. The topological polar surface area (TPSA) is 72.0 Å². The number of para-hydroxylation sites is 1. The lowest BCUT2D eigenvalue weighted by Crippen LogP contribution is -2.22. The van der Waals surface area contributed by atoms with Crippen LogP contribution in [0.2, 0.25) is 0 Å². The number of benzene rings is 2. The second-order valence-corrected chi connectivity index (χ2v) is 6.71. The zero-order valence-corrected chi connectivity index (χ0v) is 14.4. The van der Waals surface area contributed by atoms with Crippen molar-refractivity contribution in [2.45, 2.75) is 32.1 Å². The highest BCUT2D eigenvalue weighted by molar-refractivity contribution is 5.79. The fourth-order valence-electron chi connectivity index (χ4n) is 3.44. The molecular weight excluding hydrogens is 328 g/mol. The maximum absolute atomic E-state index is 12.2. The van der Waals surface area contributed by atoms with Crippen LogP contribution in [0.15, 0.2) is 53.3 Å². The summed E-state index contributed by atoms with van der Waals surface area (Å²) in [7, 11) is 0. The molecule has 1 saturated carbocycles. The molecule has 0 amide bonds. The van der Waals surface area contributed by atoms with E-state index in [-0.39, 0.29) is 17.4 Å². The third-order valence-corrected chi connectivity index (χ3v) is 4.90. The first kappa shape index (κ1) is 16.5. The zero-order chi connectivity index (χ0) is 17.9. The molecule has 0 bridgehead atoms. The van der Waals surface area contributed by atoms with E-state index < -0.39 is 0 Å². The van der Waals surface area contributed by atoms with Crippen molar-refractivity contribution >= 4 is 16.9 Å². The number of rotatable bonds is 3. The molecule has 1 heterocycles. The summed E-state index contributed by atoms with van der Waals surface area (Å²) in [6, 6.07) is 14.3. The fraction of sp³-hybridized carbons (Fsp3) is 0.286. The Morgan fingerprint density at radius 3 is 2.50 bits per heavy atom. The predicted octanol–water partition coefficient (Wildman–Crippen LogP) is 4.08. The van der Waals surface area contributed by atoms with E-state index in [4.69, 9.17) is 4.74 Å². The number of esters is 1. The number of aromatic nitrogens is 2. The summed E-state index contributed by atoms with van der Waals surface area (Å²) in [5, 5.41) is 0.564. The largest absolute Gasteiger partial charge is 0.426 e. The zero-order valence-electron chi connectivity index (χ0n) is 14.4. The molecule has 5 nitrogen and oxygen atoms in total. The van der Waals surface area contributed by atoms with Gasteiger partial charge < -0.3 is 9.72 Å². The second-order valence-electron chi connectivity index (χ2n) is 6.71. The normalized spacial score (nSPS) is 15.1. The molecule has 0 aliphatic heterocycles. The lowest BCUT2D eigenvalue weighted by molar-refractivity contribution is -0.139. The summed E-state index contributed by atoms with van der Waals surface area (Å²) in [4.78, 5) is 31.7. The molecule has 1 N–H and O–H groups in total. The van der Waals surface area contributed by atoms with Gasteiger partial charge in [-0.3, -0.25) is 9.59 Å². The number of nitrogens with zero attached hydrogens (tertiary/aromatic N) is 1. The van der Waals surface area contributed by atoms with Crippen LogP contribution in [0.4, 0.5) is 0 Å². The fourth-order valence-corrected chi connectivity index (χ4v) is 3.44. The van der Waals surface area contributed by atoms with Crippen LogP contribution in [0.1, 0.15) is 32.1 Å². The monoisotopic (exact) mass is 348 g/mol. The van der Waals surface area contributed by atoms with Gasteiger partial charge in [-0.15, -0.1) is 0 Å². The maximum Gasteiger partial charge on any atom is 0.314 e. The first-order valence-corrected chi connectivity index (χ1v) is 9.02. The number of aromatic amines is 1. The van der Waals surface area contributed by atoms with Crippen LogP contribution < -0.4 is 10.3 Å². The third-order valence-electron chi connectivity index (χ3n) is 4.90. The first-order chi connectivity index (χ1) is 12.7. The van der Waals surface area contributed by atoms with Crippen LogP contribution in [0.3, 0.4) is 0 Å². The van der Waals surface area contributed by atoms with Crippen LogP contribution in [-0.2, 0) is 4.79 Å². The molecule has 3 aromatic rings. The first-order valence-electron chi connectivity index (χ1n) is 9.02. The van der Waals surface area contributed by atoms with Gasteiger partial charge in [0, 0.05) is 5.56 Å². The quantitative estimate of drug-likeness (QED) is 0.572. The van der Waals surface area contributed by atoms with Gasteiger partial charge in [0.1, 0.15) is 11.6 Å². The van der Waals surface area contributed by atoms with Crippen molar-refractivity contribution in [2.75, 3.05) is 0 Å². The number of carbonyl (C=O) groups excluding carboxylic acids is 1. The Kier molecular flexibility index (Phi) is 4.52. The van der Waals surface area contributed by atoms with E-state index in [0.29, 0.717) is 22.5 Å². The molecule has 0 unspecified atom stereocenters. The van der Waals surface area contributed by atoms with Crippen LogP contribution in [-0.4, -0.2) is 15.9 Å². The van der Waals surface area contributed by atoms with E-state index in [1.54, 1.807) is 30.3 Å². The van der Waals surface area contributed by atoms with Crippen molar-refractivity contribution in [2.24, 2.45) is 5.92 Å². The Labute approximate surface area is 151 Å². The van der Waals surface area contributed by atoms with Gasteiger partial charge in [-0.05, 0) is 49.2 Å².